The summed E-state index contributed by atoms with van der Waals surface area (Å²) >= 11 is 0. The Morgan fingerprint density at radius 3 is 3.05 bits per heavy atom. The van der Waals surface area contributed by atoms with Crippen LogP contribution in [0.4, 0.5) is 0 Å². The average molecular weight is 281 g/mol. The first-order chi connectivity index (χ1) is 10.3. The van der Waals surface area contributed by atoms with Crippen LogP contribution in [0.1, 0.15) is 12.8 Å². The Bertz CT molecular complexity index is 770. The van der Waals surface area contributed by atoms with Crippen molar-refractivity contribution in [3.05, 3.63) is 36.7 Å². The fourth-order valence-corrected chi connectivity index (χ4v) is 2.78. The number of H-pyrrole nitrogens is 1. The highest BCUT2D eigenvalue weighted by molar-refractivity contribution is 5.79. The van der Waals surface area contributed by atoms with Crippen molar-refractivity contribution in [1.29, 1.82) is 0 Å². The van der Waals surface area contributed by atoms with Crippen LogP contribution in [0, 0.1) is 0 Å². The first kappa shape index (κ1) is 12.1. The molecule has 106 valence electrons. The molecule has 0 aliphatic carbocycles. The number of fused-ring (bicyclic) bond motifs is 1. The number of rotatable bonds is 3. The topological polar surface area (TPSA) is 75.6 Å². The van der Waals surface area contributed by atoms with Crippen LogP contribution in [-0.2, 0) is 11.3 Å². The second-order valence-corrected chi connectivity index (χ2v) is 5.31. The number of para-hydroxylation sites is 2. The van der Waals surface area contributed by atoms with Crippen LogP contribution in [0.25, 0.3) is 22.7 Å². The monoisotopic (exact) mass is 281 g/mol. The molecule has 1 amide bonds. The van der Waals surface area contributed by atoms with Crippen molar-refractivity contribution >= 4 is 16.9 Å². The summed E-state index contributed by atoms with van der Waals surface area (Å²) in [6.07, 6.45) is 5.17. The van der Waals surface area contributed by atoms with Crippen LogP contribution in [0.3, 0.4) is 0 Å². The molecule has 1 unspecified atom stereocenters. The largest absolute Gasteiger partial charge is 0.352 e. The molecule has 2 N–H and O–H groups in total. The fraction of sp³-hybridized carbons (Fsp3) is 0.267. The molecule has 1 aromatic carbocycles. The molecule has 3 aromatic rings. The Hall–Kier alpha value is -2.63. The van der Waals surface area contributed by atoms with Crippen molar-refractivity contribution in [3.63, 3.8) is 0 Å². The van der Waals surface area contributed by atoms with Crippen molar-refractivity contribution < 1.29 is 4.79 Å². The third kappa shape index (κ3) is 2.18. The number of hydrogen-bond acceptors (Lipinski definition) is 3. The number of carbonyl (C=O) groups excluding carboxylic acids is 1. The lowest BCUT2D eigenvalue weighted by atomic mass is 10.2. The zero-order chi connectivity index (χ0) is 14.2. The summed E-state index contributed by atoms with van der Waals surface area (Å²) in [6.45, 7) is 0.720. The predicted molar refractivity (Wildman–Crippen MR) is 78.5 cm³/mol. The lowest BCUT2D eigenvalue weighted by molar-refractivity contribution is -0.119. The molecule has 4 rings (SSSR count). The minimum Gasteiger partial charge on any atom is -0.352 e. The van der Waals surface area contributed by atoms with E-state index in [1.807, 2.05) is 35.0 Å². The van der Waals surface area contributed by atoms with Gasteiger partial charge in [-0.15, -0.1) is 0 Å². The number of imidazole rings is 2. The van der Waals surface area contributed by atoms with Gasteiger partial charge in [0.1, 0.15) is 0 Å². The van der Waals surface area contributed by atoms with Crippen molar-refractivity contribution in [2.45, 2.75) is 25.4 Å². The molecule has 1 fully saturated rings. The van der Waals surface area contributed by atoms with Crippen molar-refractivity contribution in [1.82, 2.24) is 24.8 Å². The van der Waals surface area contributed by atoms with E-state index in [0.29, 0.717) is 6.42 Å². The lowest BCUT2D eigenvalue weighted by Gasteiger charge is -2.12. The SMILES string of the molecule is O=C1CCC(Cn2ccnc2-c2nc3ccccc3[nH]2)N1. The van der Waals surface area contributed by atoms with E-state index >= 15 is 0 Å². The van der Waals surface area contributed by atoms with Gasteiger partial charge in [-0.05, 0) is 18.6 Å². The maximum atomic E-state index is 11.3. The summed E-state index contributed by atoms with van der Waals surface area (Å²) in [4.78, 5) is 23.6. The summed E-state index contributed by atoms with van der Waals surface area (Å²) in [7, 11) is 0. The summed E-state index contributed by atoms with van der Waals surface area (Å²) in [5.41, 5.74) is 1.92. The van der Waals surface area contributed by atoms with Gasteiger partial charge in [-0.25, -0.2) is 9.97 Å². The zero-order valence-corrected chi connectivity index (χ0v) is 11.4. The highest BCUT2D eigenvalue weighted by Gasteiger charge is 2.22. The van der Waals surface area contributed by atoms with Crippen molar-refractivity contribution in [2.75, 3.05) is 0 Å². The maximum Gasteiger partial charge on any atom is 0.220 e. The van der Waals surface area contributed by atoms with Crippen LogP contribution >= 0.6 is 0 Å². The third-order valence-corrected chi connectivity index (χ3v) is 3.82. The van der Waals surface area contributed by atoms with Crippen molar-refractivity contribution in [3.8, 4) is 11.6 Å². The molecule has 1 aliphatic heterocycles. The molecule has 0 spiro atoms. The van der Waals surface area contributed by atoms with Gasteiger partial charge in [0.2, 0.25) is 5.91 Å². The first-order valence-electron chi connectivity index (χ1n) is 7.05. The first-order valence-corrected chi connectivity index (χ1v) is 7.05. The lowest BCUT2D eigenvalue weighted by Crippen LogP contribution is -2.29. The Morgan fingerprint density at radius 1 is 1.33 bits per heavy atom. The highest BCUT2D eigenvalue weighted by Crippen LogP contribution is 2.20. The quantitative estimate of drug-likeness (QED) is 0.767. The van der Waals surface area contributed by atoms with E-state index in [2.05, 4.69) is 20.3 Å². The van der Waals surface area contributed by atoms with Crippen molar-refractivity contribution in [2.24, 2.45) is 0 Å². The van der Waals surface area contributed by atoms with Crippen LogP contribution in [0.2, 0.25) is 0 Å². The van der Waals surface area contributed by atoms with E-state index in [1.54, 1.807) is 6.20 Å². The number of aromatic nitrogens is 4. The summed E-state index contributed by atoms with van der Waals surface area (Å²) in [5, 5.41) is 2.98. The molecule has 1 saturated heterocycles. The number of benzene rings is 1. The molecule has 21 heavy (non-hydrogen) atoms. The average Bonchev–Trinajstić information content (AvgIpc) is 3.18. The second-order valence-electron chi connectivity index (χ2n) is 5.31. The molecule has 6 heteroatoms. The Balaban J connectivity index is 1.66. The number of hydrogen-bond donors (Lipinski definition) is 2. The smallest absolute Gasteiger partial charge is 0.220 e. The zero-order valence-electron chi connectivity index (χ0n) is 11.4. The van der Waals surface area contributed by atoms with Gasteiger partial charge >= 0.3 is 0 Å². The molecule has 0 saturated carbocycles. The standard InChI is InChI=1S/C15H15N5O/c21-13-6-5-10(17-13)9-20-8-7-16-15(20)14-18-11-3-1-2-4-12(11)19-14/h1-4,7-8,10H,5-6,9H2,(H,17,21)(H,18,19). The van der Waals surface area contributed by atoms with E-state index < -0.39 is 0 Å². The van der Waals surface area contributed by atoms with Crippen LogP contribution in [-0.4, -0.2) is 31.5 Å². The minimum atomic E-state index is 0.130. The highest BCUT2D eigenvalue weighted by atomic mass is 16.1. The van der Waals surface area contributed by atoms with Gasteiger partial charge in [-0.2, -0.15) is 0 Å². The molecular formula is C15H15N5O. The van der Waals surface area contributed by atoms with Crippen LogP contribution in [0.15, 0.2) is 36.7 Å². The van der Waals surface area contributed by atoms with Crippen LogP contribution < -0.4 is 5.32 Å². The summed E-state index contributed by atoms with van der Waals surface area (Å²) in [5.74, 6) is 1.68. The molecule has 1 aliphatic rings. The fourth-order valence-electron chi connectivity index (χ4n) is 2.78. The molecule has 1 atom stereocenters. The second kappa shape index (κ2) is 4.73. The van der Waals surface area contributed by atoms with Crippen LogP contribution in [0.5, 0.6) is 0 Å². The van der Waals surface area contributed by atoms with Gasteiger partial charge in [0.25, 0.3) is 0 Å². The maximum absolute atomic E-state index is 11.3. The van der Waals surface area contributed by atoms with E-state index in [-0.39, 0.29) is 11.9 Å². The molecule has 2 aromatic heterocycles. The summed E-state index contributed by atoms with van der Waals surface area (Å²) in [6, 6.07) is 8.09. The molecule has 0 radical (unpaired) electrons. The van der Waals surface area contributed by atoms with Gasteiger partial charge in [-0.1, -0.05) is 12.1 Å². The van der Waals surface area contributed by atoms with E-state index in [0.717, 1.165) is 35.6 Å². The Kier molecular flexibility index (Phi) is 2.73. The van der Waals surface area contributed by atoms with E-state index in [9.17, 15) is 4.79 Å². The number of nitrogens with zero attached hydrogens (tertiary/aromatic N) is 3. The van der Waals surface area contributed by atoms with E-state index in [1.165, 1.54) is 0 Å². The van der Waals surface area contributed by atoms with Gasteiger partial charge in [0.05, 0.1) is 11.0 Å². The Morgan fingerprint density at radius 2 is 2.24 bits per heavy atom. The predicted octanol–water partition coefficient (Wildman–Crippen LogP) is 1.70. The minimum absolute atomic E-state index is 0.130. The summed E-state index contributed by atoms with van der Waals surface area (Å²) < 4.78 is 2.04. The van der Waals surface area contributed by atoms with Gasteiger partial charge < -0.3 is 14.9 Å². The molecule has 0 bridgehead atoms. The number of nitrogens with one attached hydrogen (secondary N) is 2. The normalized spacial score (nSPS) is 18.3. The number of carbonyl (C=O) groups is 1. The molecule has 3 heterocycles. The Labute approximate surface area is 121 Å². The van der Waals surface area contributed by atoms with Gasteiger partial charge in [0.15, 0.2) is 11.6 Å². The number of aromatic amines is 1. The van der Waals surface area contributed by atoms with E-state index in [4.69, 9.17) is 0 Å². The van der Waals surface area contributed by atoms with Gasteiger partial charge in [0, 0.05) is 31.4 Å². The molecular weight excluding hydrogens is 266 g/mol. The molecule has 6 nitrogen and oxygen atoms in total. The van der Waals surface area contributed by atoms with Gasteiger partial charge in [-0.3, -0.25) is 4.79 Å². The number of amides is 1. The third-order valence-electron chi connectivity index (χ3n) is 3.82.